The second kappa shape index (κ2) is 11.0. The normalized spacial score (nSPS) is 17.1. The molecule has 1 unspecified atom stereocenters. The largest absolute Gasteiger partial charge is 0.357 e. The van der Waals surface area contributed by atoms with Crippen LogP contribution in [0.4, 0.5) is 0 Å². The van der Waals surface area contributed by atoms with Crippen LogP contribution in [0.1, 0.15) is 34.5 Å². The van der Waals surface area contributed by atoms with E-state index in [1.54, 1.807) is 11.3 Å². The van der Waals surface area contributed by atoms with Gasteiger partial charge in [-0.15, -0.1) is 35.3 Å². The van der Waals surface area contributed by atoms with Crippen molar-refractivity contribution in [3.8, 4) is 0 Å². The highest BCUT2D eigenvalue weighted by molar-refractivity contribution is 14.0. The molecule has 1 N–H and O–H groups in total. The van der Waals surface area contributed by atoms with Crippen molar-refractivity contribution in [3.05, 3.63) is 51.5 Å². The molecule has 1 aromatic heterocycles. The number of aliphatic imine (C=N–C) groups is 1. The van der Waals surface area contributed by atoms with Crippen LogP contribution in [0.5, 0.6) is 0 Å². The number of hydrogen-bond acceptors (Lipinski definition) is 3. The fourth-order valence-electron chi connectivity index (χ4n) is 3.63. The van der Waals surface area contributed by atoms with Crippen molar-refractivity contribution in [1.82, 2.24) is 15.2 Å². The molecular formula is C21H31IN4S. The van der Waals surface area contributed by atoms with Crippen molar-refractivity contribution in [2.24, 2.45) is 10.9 Å². The van der Waals surface area contributed by atoms with Gasteiger partial charge in [0.1, 0.15) is 0 Å². The molecule has 3 rings (SSSR count). The van der Waals surface area contributed by atoms with Gasteiger partial charge in [0.2, 0.25) is 0 Å². The molecule has 148 valence electrons. The quantitative estimate of drug-likeness (QED) is 0.364. The molecule has 1 aliphatic heterocycles. The number of guanidine groups is 1. The van der Waals surface area contributed by atoms with E-state index >= 15 is 0 Å². The van der Waals surface area contributed by atoms with Crippen molar-refractivity contribution in [1.29, 1.82) is 0 Å². The maximum atomic E-state index is 4.89. The third-order valence-electron chi connectivity index (χ3n) is 4.89. The van der Waals surface area contributed by atoms with Crippen LogP contribution in [0.25, 0.3) is 0 Å². The zero-order valence-electron chi connectivity index (χ0n) is 16.6. The average Bonchev–Trinajstić information content (AvgIpc) is 3.21. The molecule has 27 heavy (non-hydrogen) atoms. The molecular weight excluding hydrogens is 467 g/mol. The summed E-state index contributed by atoms with van der Waals surface area (Å²) in [5.41, 5.74) is 2.61. The van der Waals surface area contributed by atoms with Gasteiger partial charge in [0, 0.05) is 37.5 Å². The molecule has 4 nitrogen and oxygen atoms in total. The van der Waals surface area contributed by atoms with Crippen molar-refractivity contribution < 1.29 is 0 Å². The van der Waals surface area contributed by atoms with Gasteiger partial charge in [-0.25, -0.2) is 4.98 Å². The molecule has 6 heteroatoms. The van der Waals surface area contributed by atoms with Gasteiger partial charge in [-0.1, -0.05) is 30.3 Å². The molecule has 0 spiro atoms. The summed E-state index contributed by atoms with van der Waals surface area (Å²) in [6, 6.07) is 10.8. The van der Waals surface area contributed by atoms with Gasteiger partial charge in [0.25, 0.3) is 0 Å². The Balaban J connectivity index is 0.00000261. The van der Waals surface area contributed by atoms with Crippen LogP contribution >= 0.6 is 35.3 Å². The maximum absolute atomic E-state index is 4.89. The van der Waals surface area contributed by atoms with Gasteiger partial charge in [-0.3, -0.25) is 4.99 Å². The highest BCUT2D eigenvalue weighted by Gasteiger charge is 2.24. The zero-order chi connectivity index (χ0) is 18.4. The van der Waals surface area contributed by atoms with Gasteiger partial charge < -0.3 is 10.2 Å². The minimum atomic E-state index is 0. The van der Waals surface area contributed by atoms with Gasteiger partial charge in [0.15, 0.2) is 5.96 Å². The second-order valence-electron chi connectivity index (χ2n) is 7.02. The highest BCUT2D eigenvalue weighted by Crippen LogP contribution is 2.21. The van der Waals surface area contributed by atoms with Crippen molar-refractivity contribution >= 4 is 41.3 Å². The highest BCUT2D eigenvalue weighted by atomic mass is 127. The summed E-state index contributed by atoms with van der Waals surface area (Å²) >= 11 is 1.80. The molecule has 0 bridgehead atoms. The number of benzene rings is 1. The van der Waals surface area contributed by atoms with E-state index in [-0.39, 0.29) is 24.0 Å². The fourth-order valence-corrected chi connectivity index (χ4v) is 4.56. The Labute approximate surface area is 184 Å². The summed E-state index contributed by atoms with van der Waals surface area (Å²) in [6.45, 7) is 10.3. The number of hydrogen-bond donors (Lipinski definition) is 1. The Morgan fingerprint density at radius 1 is 1.30 bits per heavy atom. The Morgan fingerprint density at radius 2 is 2.07 bits per heavy atom. The van der Waals surface area contributed by atoms with Crippen molar-refractivity contribution in [2.75, 3.05) is 26.2 Å². The Hall–Kier alpha value is -1.15. The number of nitrogens with one attached hydrogen (secondary N) is 1. The standard InChI is InChI=1S/C21H30N4S.HI/c1-4-22-21(23-12-10-20-16(2)24-17(3)26-20)25-13-11-19(15-25)14-18-8-6-5-7-9-18;/h5-9,19H,4,10-15H2,1-3H3,(H,22,23);1H. The minimum Gasteiger partial charge on any atom is -0.357 e. The van der Waals surface area contributed by atoms with Crippen LogP contribution in [-0.2, 0) is 12.8 Å². The van der Waals surface area contributed by atoms with Crippen LogP contribution in [-0.4, -0.2) is 42.0 Å². The summed E-state index contributed by atoms with van der Waals surface area (Å²) in [6.07, 6.45) is 3.38. The summed E-state index contributed by atoms with van der Waals surface area (Å²) in [4.78, 5) is 13.2. The molecule has 0 amide bonds. The van der Waals surface area contributed by atoms with Gasteiger partial charge in [-0.2, -0.15) is 0 Å². The lowest BCUT2D eigenvalue weighted by Crippen LogP contribution is -2.40. The Bertz CT molecular complexity index is 729. The number of likely N-dealkylation sites (tertiary alicyclic amines) is 1. The van der Waals surface area contributed by atoms with Crippen LogP contribution in [0.2, 0.25) is 0 Å². The summed E-state index contributed by atoms with van der Waals surface area (Å²) < 4.78 is 0. The van der Waals surface area contributed by atoms with E-state index in [2.05, 4.69) is 66.3 Å². The van der Waals surface area contributed by atoms with E-state index in [0.717, 1.165) is 55.7 Å². The Morgan fingerprint density at radius 3 is 2.74 bits per heavy atom. The second-order valence-corrected chi connectivity index (χ2v) is 8.31. The van der Waals surface area contributed by atoms with Crippen molar-refractivity contribution in [2.45, 2.75) is 40.0 Å². The van der Waals surface area contributed by atoms with Gasteiger partial charge in [-0.05, 0) is 45.1 Å². The summed E-state index contributed by atoms with van der Waals surface area (Å²) in [5, 5.41) is 4.63. The van der Waals surface area contributed by atoms with E-state index in [4.69, 9.17) is 4.99 Å². The predicted octanol–water partition coefficient (Wildman–Crippen LogP) is 4.45. The van der Waals surface area contributed by atoms with E-state index in [0.29, 0.717) is 5.92 Å². The SMILES string of the molecule is CCNC(=NCCc1sc(C)nc1C)N1CCC(Cc2ccccc2)C1.I. The number of rotatable bonds is 6. The lowest BCUT2D eigenvalue weighted by Gasteiger charge is -2.21. The fraction of sp³-hybridized carbons (Fsp3) is 0.524. The molecule has 0 aliphatic carbocycles. The number of halogens is 1. The van der Waals surface area contributed by atoms with Crippen molar-refractivity contribution in [3.63, 3.8) is 0 Å². The van der Waals surface area contributed by atoms with E-state index in [1.807, 2.05) is 0 Å². The molecule has 2 aromatic rings. The zero-order valence-corrected chi connectivity index (χ0v) is 19.7. The van der Waals surface area contributed by atoms with Crippen LogP contribution in [0, 0.1) is 19.8 Å². The molecule has 1 aliphatic rings. The monoisotopic (exact) mass is 498 g/mol. The minimum absolute atomic E-state index is 0. The first-order chi connectivity index (χ1) is 12.7. The first kappa shape index (κ1) is 22.1. The molecule has 1 aromatic carbocycles. The van der Waals surface area contributed by atoms with E-state index < -0.39 is 0 Å². The third kappa shape index (κ3) is 6.45. The summed E-state index contributed by atoms with van der Waals surface area (Å²) in [5.74, 6) is 1.79. The van der Waals surface area contributed by atoms with Gasteiger partial charge in [0.05, 0.1) is 10.7 Å². The van der Waals surface area contributed by atoms with Crippen LogP contribution < -0.4 is 5.32 Å². The molecule has 1 fully saturated rings. The lowest BCUT2D eigenvalue weighted by molar-refractivity contribution is 0.460. The molecule has 0 saturated carbocycles. The third-order valence-corrected chi connectivity index (χ3v) is 6.02. The van der Waals surface area contributed by atoms with E-state index in [1.165, 1.54) is 16.9 Å². The lowest BCUT2D eigenvalue weighted by atomic mass is 9.99. The molecule has 0 radical (unpaired) electrons. The molecule has 1 saturated heterocycles. The maximum Gasteiger partial charge on any atom is 0.193 e. The first-order valence-corrected chi connectivity index (χ1v) is 10.5. The average molecular weight is 498 g/mol. The molecule has 1 atom stereocenters. The Kier molecular flexibility index (Phi) is 9.02. The topological polar surface area (TPSA) is 40.5 Å². The number of thiazole rings is 1. The van der Waals surface area contributed by atoms with E-state index in [9.17, 15) is 0 Å². The van der Waals surface area contributed by atoms with Crippen LogP contribution in [0.3, 0.4) is 0 Å². The number of aromatic nitrogens is 1. The smallest absolute Gasteiger partial charge is 0.193 e. The van der Waals surface area contributed by atoms with Crippen LogP contribution in [0.15, 0.2) is 35.3 Å². The summed E-state index contributed by atoms with van der Waals surface area (Å²) in [7, 11) is 0. The number of aryl methyl sites for hydroxylation is 2. The molecule has 2 heterocycles. The van der Waals surface area contributed by atoms with Gasteiger partial charge >= 0.3 is 0 Å². The first-order valence-electron chi connectivity index (χ1n) is 9.65. The number of nitrogens with zero attached hydrogens (tertiary/aromatic N) is 3. The predicted molar refractivity (Wildman–Crippen MR) is 127 cm³/mol.